The van der Waals surface area contributed by atoms with Gasteiger partial charge in [-0.25, -0.2) is 19.2 Å². The maximum atomic E-state index is 13.2. The highest BCUT2D eigenvalue weighted by Gasteiger charge is 2.41. The molecule has 0 bridgehead atoms. The molecule has 2 fully saturated rings. The molecule has 1 N–H and O–H groups in total. The van der Waals surface area contributed by atoms with Gasteiger partial charge in [-0.15, -0.1) is 0 Å². The van der Waals surface area contributed by atoms with E-state index < -0.39 is 0 Å². The molecular weight excluding hydrogens is 378 g/mol. The first-order valence-corrected chi connectivity index (χ1v) is 10.6. The SMILES string of the molecule is Cc1cn2nc(-c3ccc4c(=O)n(C5CCNC6(CCC6)C5)ncc4n3)ccc2n1. The van der Waals surface area contributed by atoms with Crippen LogP contribution in [0.5, 0.6) is 0 Å². The Balaban J connectivity index is 1.37. The average molecular weight is 401 g/mol. The van der Waals surface area contributed by atoms with E-state index in [1.807, 2.05) is 37.4 Å². The van der Waals surface area contributed by atoms with E-state index in [9.17, 15) is 4.79 Å². The van der Waals surface area contributed by atoms with Gasteiger partial charge in [0.25, 0.3) is 5.56 Å². The summed E-state index contributed by atoms with van der Waals surface area (Å²) < 4.78 is 3.43. The lowest BCUT2D eigenvalue weighted by Crippen LogP contribution is -2.56. The molecule has 8 heteroatoms. The van der Waals surface area contributed by atoms with E-state index >= 15 is 0 Å². The maximum Gasteiger partial charge on any atom is 0.276 e. The summed E-state index contributed by atoms with van der Waals surface area (Å²) >= 11 is 0. The molecule has 2 aliphatic rings. The molecule has 1 unspecified atom stereocenters. The quantitative estimate of drug-likeness (QED) is 0.555. The topological polar surface area (TPSA) is 90.0 Å². The Morgan fingerprint density at radius 3 is 2.83 bits per heavy atom. The molecule has 1 aliphatic heterocycles. The van der Waals surface area contributed by atoms with Crippen molar-refractivity contribution in [1.29, 1.82) is 0 Å². The molecule has 1 saturated heterocycles. The zero-order chi connectivity index (χ0) is 20.3. The molecule has 4 aromatic rings. The summed E-state index contributed by atoms with van der Waals surface area (Å²) in [5.41, 5.74) is 3.93. The van der Waals surface area contributed by atoms with E-state index in [0.29, 0.717) is 16.6 Å². The van der Waals surface area contributed by atoms with Crippen molar-refractivity contribution in [3.63, 3.8) is 0 Å². The predicted molar refractivity (Wildman–Crippen MR) is 113 cm³/mol. The minimum atomic E-state index is -0.0541. The Hall–Kier alpha value is -3.13. The number of nitrogens with zero attached hydrogens (tertiary/aromatic N) is 6. The number of aryl methyl sites for hydroxylation is 1. The van der Waals surface area contributed by atoms with Crippen LogP contribution in [0, 0.1) is 6.92 Å². The minimum absolute atomic E-state index is 0.0541. The van der Waals surface area contributed by atoms with Crippen molar-refractivity contribution in [2.75, 3.05) is 6.54 Å². The first kappa shape index (κ1) is 17.7. The van der Waals surface area contributed by atoms with Crippen molar-refractivity contribution in [1.82, 2.24) is 34.7 Å². The Morgan fingerprint density at radius 1 is 1.13 bits per heavy atom. The fourth-order valence-electron chi connectivity index (χ4n) is 4.91. The van der Waals surface area contributed by atoms with Gasteiger partial charge < -0.3 is 5.32 Å². The highest BCUT2D eigenvalue weighted by Crippen LogP contribution is 2.41. The molecular formula is C22H23N7O. The maximum absolute atomic E-state index is 13.2. The smallest absolute Gasteiger partial charge is 0.276 e. The third-order valence-corrected chi connectivity index (χ3v) is 6.63. The number of pyridine rings is 1. The Kier molecular flexibility index (Phi) is 3.80. The molecule has 0 amide bonds. The molecule has 0 aromatic carbocycles. The zero-order valence-corrected chi connectivity index (χ0v) is 16.9. The van der Waals surface area contributed by atoms with Gasteiger partial charge in [-0.1, -0.05) is 0 Å². The van der Waals surface area contributed by atoms with Crippen LogP contribution in [0.25, 0.3) is 27.9 Å². The number of rotatable bonds is 2. The lowest BCUT2D eigenvalue weighted by atomic mass is 9.70. The van der Waals surface area contributed by atoms with Crippen LogP contribution in [0.4, 0.5) is 0 Å². The molecule has 1 spiro atoms. The second-order valence-corrected chi connectivity index (χ2v) is 8.63. The van der Waals surface area contributed by atoms with Crippen molar-refractivity contribution in [3.8, 4) is 11.4 Å². The summed E-state index contributed by atoms with van der Waals surface area (Å²) in [5.74, 6) is 0. The summed E-state index contributed by atoms with van der Waals surface area (Å²) in [6, 6.07) is 7.69. The fraction of sp³-hybridized carbons (Fsp3) is 0.409. The number of imidazole rings is 1. The van der Waals surface area contributed by atoms with Crippen molar-refractivity contribution < 1.29 is 0 Å². The lowest BCUT2D eigenvalue weighted by Gasteiger charge is -2.48. The number of hydrogen-bond donors (Lipinski definition) is 1. The molecule has 0 radical (unpaired) electrons. The largest absolute Gasteiger partial charge is 0.311 e. The van der Waals surface area contributed by atoms with E-state index in [4.69, 9.17) is 0 Å². The van der Waals surface area contributed by atoms with E-state index in [0.717, 1.165) is 36.4 Å². The summed E-state index contributed by atoms with van der Waals surface area (Å²) in [7, 11) is 0. The summed E-state index contributed by atoms with van der Waals surface area (Å²) in [6.07, 6.45) is 9.18. The summed E-state index contributed by atoms with van der Waals surface area (Å²) in [4.78, 5) is 22.3. The number of aromatic nitrogens is 6. The zero-order valence-electron chi connectivity index (χ0n) is 16.9. The average Bonchev–Trinajstić information content (AvgIpc) is 3.12. The third kappa shape index (κ3) is 2.74. The van der Waals surface area contributed by atoms with E-state index in [2.05, 4.69) is 25.5 Å². The molecule has 1 aliphatic carbocycles. The molecule has 152 valence electrons. The second-order valence-electron chi connectivity index (χ2n) is 8.63. The Bertz CT molecular complexity index is 1330. The first-order chi connectivity index (χ1) is 14.6. The van der Waals surface area contributed by atoms with Crippen LogP contribution in [-0.2, 0) is 0 Å². The number of nitrogens with one attached hydrogen (secondary N) is 1. The molecule has 30 heavy (non-hydrogen) atoms. The molecule has 1 saturated carbocycles. The van der Waals surface area contributed by atoms with Crippen LogP contribution in [0.15, 0.2) is 41.5 Å². The Labute approximate surface area is 173 Å². The minimum Gasteiger partial charge on any atom is -0.311 e. The summed E-state index contributed by atoms with van der Waals surface area (Å²) in [5, 5.41) is 13.4. The monoisotopic (exact) mass is 401 g/mol. The lowest BCUT2D eigenvalue weighted by molar-refractivity contribution is 0.104. The van der Waals surface area contributed by atoms with Gasteiger partial charge in [0.2, 0.25) is 0 Å². The van der Waals surface area contributed by atoms with Gasteiger partial charge in [-0.2, -0.15) is 10.2 Å². The fourth-order valence-corrected chi connectivity index (χ4v) is 4.91. The third-order valence-electron chi connectivity index (χ3n) is 6.63. The van der Waals surface area contributed by atoms with Crippen LogP contribution in [0.3, 0.4) is 0 Å². The van der Waals surface area contributed by atoms with Gasteiger partial charge in [0, 0.05) is 5.54 Å². The molecule has 4 aromatic heterocycles. The summed E-state index contributed by atoms with van der Waals surface area (Å²) in [6.45, 7) is 2.88. The van der Waals surface area contributed by atoms with Gasteiger partial charge in [-0.05, 0) is 69.8 Å². The second kappa shape index (κ2) is 6.43. The Morgan fingerprint density at radius 2 is 2.00 bits per heavy atom. The van der Waals surface area contributed by atoms with E-state index in [-0.39, 0.29) is 17.1 Å². The van der Waals surface area contributed by atoms with Gasteiger partial charge in [0.15, 0.2) is 5.65 Å². The highest BCUT2D eigenvalue weighted by atomic mass is 16.1. The van der Waals surface area contributed by atoms with Gasteiger partial charge in [0.1, 0.15) is 5.69 Å². The standard InChI is InChI=1S/C22H23N7O/c1-14-13-28-20(25-14)6-5-18(27-28)17-4-3-16-19(26-17)12-24-29(21(16)30)15-7-10-23-22(11-15)8-2-9-22/h3-6,12-13,15,23H,2,7-11H2,1H3. The number of hydrogen-bond acceptors (Lipinski definition) is 6. The van der Waals surface area contributed by atoms with Gasteiger partial charge >= 0.3 is 0 Å². The van der Waals surface area contributed by atoms with Crippen molar-refractivity contribution >= 4 is 16.6 Å². The van der Waals surface area contributed by atoms with Crippen molar-refractivity contribution in [3.05, 3.63) is 52.7 Å². The van der Waals surface area contributed by atoms with Crippen LogP contribution < -0.4 is 10.9 Å². The molecule has 6 rings (SSSR count). The first-order valence-electron chi connectivity index (χ1n) is 10.6. The van der Waals surface area contributed by atoms with Crippen LogP contribution in [0.1, 0.15) is 43.8 Å². The molecule has 1 atom stereocenters. The van der Waals surface area contributed by atoms with Crippen molar-refractivity contribution in [2.24, 2.45) is 0 Å². The van der Waals surface area contributed by atoms with Crippen LogP contribution >= 0.6 is 0 Å². The van der Waals surface area contributed by atoms with E-state index in [1.54, 1.807) is 15.4 Å². The van der Waals surface area contributed by atoms with E-state index in [1.165, 1.54) is 19.3 Å². The van der Waals surface area contributed by atoms with Crippen LogP contribution in [0.2, 0.25) is 0 Å². The number of piperidine rings is 1. The predicted octanol–water partition coefficient (Wildman–Crippen LogP) is 2.66. The normalized spacial score (nSPS) is 20.6. The molecule has 5 heterocycles. The van der Waals surface area contributed by atoms with Gasteiger partial charge in [0.05, 0.1) is 40.7 Å². The highest BCUT2D eigenvalue weighted by molar-refractivity contribution is 5.79. The van der Waals surface area contributed by atoms with Crippen molar-refractivity contribution in [2.45, 2.75) is 50.6 Å². The van der Waals surface area contributed by atoms with Crippen LogP contribution in [-0.4, -0.2) is 41.4 Å². The number of fused-ring (bicyclic) bond motifs is 2. The molecule has 8 nitrogen and oxygen atoms in total. The van der Waals surface area contributed by atoms with Gasteiger partial charge in [-0.3, -0.25) is 4.79 Å².